The lowest BCUT2D eigenvalue weighted by Gasteiger charge is -2.38. The molecule has 1 N–H and O–H groups in total. The largest absolute Gasteiger partial charge is 0.478 e. The van der Waals surface area contributed by atoms with E-state index in [-0.39, 0.29) is 5.91 Å². The van der Waals surface area contributed by atoms with E-state index in [4.69, 9.17) is 9.47 Å². The van der Waals surface area contributed by atoms with E-state index in [1.807, 2.05) is 26.0 Å². The molecular formula is C20H32N2O3. The Kier molecular flexibility index (Phi) is 7.24. The summed E-state index contributed by atoms with van der Waals surface area (Å²) in [5, 5.41) is 3.04. The highest BCUT2D eigenvalue weighted by molar-refractivity contribution is 5.97. The lowest BCUT2D eigenvalue weighted by atomic mass is 9.78. The SMILES string of the molecule is CCCCOc1ccc(NC(=O)[C@@]2(OCC)CCC[C@H](C)C2)c(C)n1. The minimum Gasteiger partial charge on any atom is -0.478 e. The van der Waals surface area contributed by atoms with Crippen molar-refractivity contribution in [2.75, 3.05) is 18.5 Å². The standard InChI is InChI=1S/C20H32N2O3/c1-5-7-13-24-18-11-10-17(16(4)21-18)22-19(23)20(25-6-2)12-8-9-15(3)14-20/h10-11,15H,5-9,12-14H2,1-4H3,(H,22,23)/t15-,20+/m0/s1. The molecule has 0 aromatic carbocycles. The minimum atomic E-state index is -0.713. The number of hydrogen-bond donors (Lipinski definition) is 1. The minimum absolute atomic E-state index is 0.0505. The van der Waals surface area contributed by atoms with Gasteiger partial charge in [-0.15, -0.1) is 0 Å². The van der Waals surface area contributed by atoms with Gasteiger partial charge < -0.3 is 14.8 Å². The van der Waals surface area contributed by atoms with E-state index in [9.17, 15) is 4.79 Å². The monoisotopic (exact) mass is 348 g/mol. The van der Waals surface area contributed by atoms with Crippen molar-refractivity contribution < 1.29 is 14.3 Å². The Bertz CT molecular complexity index is 572. The van der Waals surface area contributed by atoms with E-state index < -0.39 is 5.60 Å². The van der Waals surface area contributed by atoms with Gasteiger partial charge in [-0.2, -0.15) is 0 Å². The number of aromatic nitrogens is 1. The van der Waals surface area contributed by atoms with Crippen LogP contribution in [0.4, 0.5) is 5.69 Å². The summed E-state index contributed by atoms with van der Waals surface area (Å²) in [7, 11) is 0. The van der Waals surface area contributed by atoms with E-state index in [1.165, 1.54) is 0 Å². The average Bonchev–Trinajstić information content (AvgIpc) is 2.57. The number of pyridine rings is 1. The number of aryl methyl sites for hydroxylation is 1. The Hall–Kier alpha value is -1.62. The molecule has 5 heteroatoms. The van der Waals surface area contributed by atoms with Gasteiger partial charge in [0.15, 0.2) is 0 Å². The van der Waals surface area contributed by atoms with E-state index >= 15 is 0 Å². The third-order valence-corrected chi connectivity index (χ3v) is 4.85. The van der Waals surface area contributed by atoms with Crippen molar-refractivity contribution in [3.05, 3.63) is 17.8 Å². The summed E-state index contributed by atoms with van der Waals surface area (Å²) in [5.41, 5.74) is 0.776. The Balaban J connectivity index is 2.07. The van der Waals surface area contributed by atoms with E-state index in [0.717, 1.165) is 49.9 Å². The number of hydrogen-bond acceptors (Lipinski definition) is 4. The molecule has 2 atom stereocenters. The van der Waals surface area contributed by atoms with Crippen molar-refractivity contribution >= 4 is 11.6 Å². The first-order valence-electron chi connectivity index (χ1n) is 9.56. The Morgan fingerprint density at radius 1 is 1.40 bits per heavy atom. The summed E-state index contributed by atoms with van der Waals surface area (Å²) >= 11 is 0. The van der Waals surface area contributed by atoms with E-state index in [1.54, 1.807) is 0 Å². The zero-order valence-electron chi connectivity index (χ0n) is 16.1. The van der Waals surface area contributed by atoms with Crippen LogP contribution in [0, 0.1) is 12.8 Å². The van der Waals surface area contributed by atoms with Gasteiger partial charge >= 0.3 is 0 Å². The fraction of sp³-hybridized carbons (Fsp3) is 0.700. The molecule has 0 unspecified atom stereocenters. The number of nitrogens with one attached hydrogen (secondary N) is 1. The molecule has 5 nitrogen and oxygen atoms in total. The summed E-state index contributed by atoms with van der Waals surface area (Å²) in [4.78, 5) is 17.4. The van der Waals surface area contributed by atoms with Gasteiger partial charge in [-0.25, -0.2) is 4.98 Å². The lowest BCUT2D eigenvalue weighted by Crippen LogP contribution is -2.48. The van der Waals surface area contributed by atoms with Crippen LogP contribution in [-0.4, -0.2) is 29.7 Å². The van der Waals surface area contributed by atoms with Crippen LogP contribution >= 0.6 is 0 Å². The molecule has 2 rings (SSSR count). The molecule has 1 heterocycles. The number of anilines is 1. The number of ether oxygens (including phenoxy) is 2. The molecule has 1 aliphatic carbocycles. The van der Waals surface area contributed by atoms with Gasteiger partial charge in [-0.1, -0.05) is 26.7 Å². The lowest BCUT2D eigenvalue weighted by molar-refractivity contribution is -0.147. The van der Waals surface area contributed by atoms with Crippen molar-refractivity contribution in [3.63, 3.8) is 0 Å². The van der Waals surface area contributed by atoms with Gasteiger partial charge in [0.2, 0.25) is 5.88 Å². The summed E-state index contributed by atoms with van der Waals surface area (Å²) < 4.78 is 11.6. The average molecular weight is 348 g/mol. The first-order valence-corrected chi connectivity index (χ1v) is 9.56. The molecule has 1 aromatic rings. The van der Waals surface area contributed by atoms with Gasteiger partial charge in [-0.3, -0.25) is 4.79 Å². The van der Waals surface area contributed by atoms with Crippen LogP contribution in [0.3, 0.4) is 0 Å². The van der Waals surface area contributed by atoms with Crippen molar-refractivity contribution in [3.8, 4) is 5.88 Å². The van der Waals surface area contributed by atoms with Crippen molar-refractivity contribution in [2.24, 2.45) is 5.92 Å². The van der Waals surface area contributed by atoms with Crippen LogP contribution in [0.1, 0.15) is 65.0 Å². The van der Waals surface area contributed by atoms with Crippen molar-refractivity contribution in [1.82, 2.24) is 4.98 Å². The highest BCUT2D eigenvalue weighted by Gasteiger charge is 2.42. The van der Waals surface area contributed by atoms with E-state index in [0.29, 0.717) is 25.0 Å². The van der Waals surface area contributed by atoms with E-state index in [2.05, 4.69) is 24.1 Å². The third-order valence-electron chi connectivity index (χ3n) is 4.85. The second kappa shape index (κ2) is 9.18. The molecule has 0 bridgehead atoms. The maximum atomic E-state index is 13.0. The number of unbranched alkanes of at least 4 members (excludes halogenated alkanes) is 1. The molecule has 1 aliphatic rings. The number of nitrogens with zero attached hydrogens (tertiary/aromatic N) is 1. The third kappa shape index (κ3) is 5.18. The molecule has 0 radical (unpaired) electrons. The predicted octanol–water partition coefficient (Wildman–Crippen LogP) is 4.49. The fourth-order valence-electron chi connectivity index (χ4n) is 3.49. The van der Waals surface area contributed by atoms with Crippen LogP contribution in [-0.2, 0) is 9.53 Å². The zero-order chi connectivity index (χ0) is 18.3. The predicted molar refractivity (Wildman–Crippen MR) is 100.0 cm³/mol. The second-order valence-corrected chi connectivity index (χ2v) is 7.07. The van der Waals surface area contributed by atoms with Crippen LogP contribution < -0.4 is 10.1 Å². The number of rotatable bonds is 8. The summed E-state index contributed by atoms with van der Waals surface area (Å²) in [6.45, 7) is 9.36. The van der Waals surface area contributed by atoms with Crippen LogP contribution in [0.25, 0.3) is 0 Å². The Morgan fingerprint density at radius 3 is 2.84 bits per heavy atom. The van der Waals surface area contributed by atoms with Crippen molar-refractivity contribution in [1.29, 1.82) is 0 Å². The molecule has 1 aromatic heterocycles. The molecular weight excluding hydrogens is 316 g/mol. The van der Waals surface area contributed by atoms with Gasteiger partial charge in [0.25, 0.3) is 5.91 Å². The number of carbonyl (C=O) groups excluding carboxylic acids is 1. The molecule has 1 saturated carbocycles. The Labute approximate surface area is 151 Å². The first-order chi connectivity index (χ1) is 12.0. The maximum absolute atomic E-state index is 13.0. The molecule has 25 heavy (non-hydrogen) atoms. The number of carbonyl (C=O) groups is 1. The second-order valence-electron chi connectivity index (χ2n) is 7.07. The topological polar surface area (TPSA) is 60.5 Å². The molecule has 0 aliphatic heterocycles. The number of amides is 1. The molecule has 1 fully saturated rings. The van der Waals surface area contributed by atoms with Crippen LogP contribution in [0.2, 0.25) is 0 Å². The zero-order valence-corrected chi connectivity index (χ0v) is 16.1. The van der Waals surface area contributed by atoms with Crippen molar-refractivity contribution in [2.45, 2.75) is 71.8 Å². The molecule has 0 saturated heterocycles. The normalized spacial score (nSPS) is 23.3. The Morgan fingerprint density at radius 2 is 2.20 bits per heavy atom. The maximum Gasteiger partial charge on any atom is 0.256 e. The van der Waals surface area contributed by atoms with Crippen LogP contribution in [0.5, 0.6) is 5.88 Å². The highest BCUT2D eigenvalue weighted by Crippen LogP contribution is 2.36. The first kappa shape index (κ1) is 19.7. The smallest absolute Gasteiger partial charge is 0.256 e. The summed E-state index contributed by atoms with van der Waals surface area (Å²) in [5.74, 6) is 1.06. The van der Waals surface area contributed by atoms with Crippen LogP contribution in [0.15, 0.2) is 12.1 Å². The summed E-state index contributed by atoms with van der Waals surface area (Å²) in [6.07, 6.45) is 5.83. The van der Waals surface area contributed by atoms with Gasteiger partial charge in [0.1, 0.15) is 5.60 Å². The molecule has 1 amide bonds. The summed E-state index contributed by atoms with van der Waals surface area (Å²) in [6, 6.07) is 3.68. The van der Waals surface area contributed by atoms with Gasteiger partial charge in [0, 0.05) is 12.7 Å². The highest BCUT2D eigenvalue weighted by atomic mass is 16.5. The fourth-order valence-corrected chi connectivity index (χ4v) is 3.49. The molecule has 0 spiro atoms. The van der Waals surface area contributed by atoms with Gasteiger partial charge in [-0.05, 0) is 51.5 Å². The quantitative estimate of drug-likeness (QED) is 0.703. The molecule has 140 valence electrons. The van der Waals surface area contributed by atoms with Gasteiger partial charge in [0.05, 0.1) is 18.0 Å².